The zero-order valence-electron chi connectivity index (χ0n) is 7.32. The molecule has 3 heteroatoms. The molecule has 0 aliphatic heterocycles. The lowest BCUT2D eigenvalue weighted by atomic mass is 10.0. The quantitative estimate of drug-likeness (QED) is 0.675. The number of carbonyl (C=O) groups is 1. The van der Waals surface area contributed by atoms with Gasteiger partial charge in [0.25, 0.3) is 0 Å². The van der Waals surface area contributed by atoms with Crippen LogP contribution in [-0.2, 0) is 11.2 Å². The van der Waals surface area contributed by atoms with Crippen LogP contribution >= 0.6 is 0 Å². The van der Waals surface area contributed by atoms with Crippen LogP contribution in [0.25, 0.3) is 0 Å². The fourth-order valence-corrected chi connectivity index (χ4v) is 0.810. The molecule has 0 aliphatic rings. The van der Waals surface area contributed by atoms with Crippen molar-refractivity contribution in [3.8, 4) is 0 Å². The summed E-state index contributed by atoms with van der Waals surface area (Å²) in [6.07, 6.45) is 1.99. The number of Topliss-reactive ketones (excluding diaryl/α,β-unsaturated/α-hetero) is 1. The molecule has 64 valence electrons. The van der Waals surface area contributed by atoms with Crippen molar-refractivity contribution in [2.75, 3.05) is 0 Å². The van der Waals surface area contributed by atoms with Gasteiger partial charge in [-0.2, -0.15) is 10.2 Å². The van der Waals surface area contributed by atoms with Crippen molar-refractivity contribution in [2.45, 2.75) is 20.3 Å². The highest BCUT2D eigenvalue weighted by Gasteiger charge is 2.08. The van der Waals surface area contributed by atoms with Gasteiger partial charge in [0.15, 0.2) is 0 Å². The van der Waals surface area contributed by atoms with Crippen LogP contribution in [0.15, 0.2) is 18.3 Å². The lowest BCUT2D eigenvalue weighted by molar-refractivity contribution is -0.121. The average Bonchev–Trinajstić information content (AvgIpc) is 2.06. The average molecular weight is 164 g/mol. The summed E-state index contributed by atoms with van der Waals surface area (Å²) in [6.45, 7) is 3.78. The Kier molecular flexibility index (Phi) is 2.91. The van der Waals surface area contributed by atoms with E-state index in [4.69, 9.17) is 0 Å². The topological polar surface area (TPSA) is 42.9 Å². The predicted octanol–water partition coefficient (Wildman–Crippen LogP) is 1.24. The van der Waals surface area contributed by atoms with Crippen LogP contribution in [0.1, 0.15) is 19.5 Å². The van der Waals surface area contributed by atoms with Gasteiger partial charge < -0.3 is 0 Å². The highest BCUT2D eigenvalue weighted by molar-refractivity contribution is 5.82. The number of rotatable bonds is 3. The molecular weight excluding hydrogens is 152 g/mol. The summed E-state index contributed by atoms with van der Waals surface area (Å²) in [5, 5.41) is 7.53. The Hall–Kier alpha value is -1.25. The Balaban J connectivity index is 2.59. The summed E-state index contributed by atoms with van der Waals surface area (Å²) in [5.74, 6) is 0.280. The molecule has 0 saturated carbocycles. The number of ketones is 1. The Morgan fingerprint density at radius 2 is 2.33 bits per heavy atom. The van der Waals surface area contributed by atoms with Crippen LogP contribution in [0.3, 0.4) is 0 Å². The lowest BCUT2D eigenvalue weighted by Gasteiger charge is -2.01. The van der Waals surface area contributed by atoms with E-state index in [2.05, 4.69) is 10.2 Å². The first-order chi connectivity index (χ1) is 5.70. The molecule has 0 atom stereocenters. The molecule has 1 aromatic rings. The van der Waals surface area contributed by atoms with Gasteiger partial charge in [0.05, 0.1) is 12.1 Å². The first-order valence-corrected chi connectivity index (χ1v) is 3.99. The summed E-state index contributed by atoms with van der Waals surface area (Å²) in [6, 6.07) is 3.60. The Morgan fingerprint density at radius 1 is 1.58 bits per heavy atom. The van der Waals surface area contributed by atoms with Crippen molar-refractivity contribution in [3.63, 3.8) is 0 Å². The first-order valence-electron chi connectivity index (χ1n) is 3.99. The first kappa shape index (κ1) is 8.84. The standard InChI is InChI=1S/C9H12N2O/c1-7(2)9(12)6-8-4-3-5-10-11-8/h3-5,7H,6H2,1-2H3. The van der Waals surface area contributed by atoms with Crippen LogP contribution in [0, 0.1) is 5.92 Å². The number of nitrogens with zero attached hydrogens (tertiary/aromatic N) is 2. The van der Waals surface area contributed by atoms with Crippen LogP contribution in [0.5, 0.6) is 0 Å². The van der Waals surface area contributed by atoms with E-state index >= 15 is 0 Å². The molecule has 0 amide bonds. The van der Waals surface area contributed by atoms with Gasteiger partial charge in [-0.05, 0) is 12.1 Å². The summed E-state index contributed by atoms with van der Waals surface area (Å²) in [4.78, 5) is 11.2. The molecule has 0 aliphatic carbocycles. The minimum atomic E-state index is 0.0759. The van der Waals surface area contributed by atoms with E-state index in [9.17, 15) is 4.79 Å². The van der Waals surface area contributed by atoms with E-state index in [-0.39, 0.29) is 11.7 Å². The second-order valence-corrected chi connectivity index (χ2v) is 3.01. The Labute approximate surface area is 71.8 Å². The van der Waals surface area contributed by atoms with Crippen molar-refractivity contribution in [1.82, 2.24) is 10.2 Å². The lowest BCUT2D eigenvalue weighted by Crippen LogP contribution is -2.11. The maximum Gasteiger partial charge on any atom is 0.141 e. The zero-order chi connectivity index (χ0) is 8.97. The molecule has 0 bridgehead atoms. The van der Waals surface area contributed by atoms with Crippen molar-refractivity contribution in [1.29, 1.82) is 0 Å². The summed E-state index contributed by atoms with van der Waals surface area (Å²) < 4.78 is 0. The van der Waals surface area contributed by atoms with Crippen LogP contribution in [0.4, 0.5) is 0 Å². The van der Waals surface area contributed by atoms with Gasteiger partial charge in [-0.3, -0.25) is 4.79 Å². The van der Waals surface area contributed by atoms with Crippen molar-refractivity contribution in [2.24, 2.45) is 5.92 Å². The van der Waals surface area contributed by atoms with E-state index < -0.39 is 0 Å². The molecule has 3 nitrogen and oxygen atoms in total. The molecule has 1 heterocycles. The summed E-state index contributed by atoms with van der Waals surface area (Å²) in [5.41, 5.74) is 0.746. The van der Waals surface area contributed by atoms with Crippen LogP contribution in [-0.4, -0.2) is 16.0 Å². The highest BCUT2D eigenvalue weighted by atomic mass is 16.1. The summed E-state index contributed by atoms with van der Waals surface area (Å²) in [7, 11) is 0. The second kappa shape index (κ2) is 3.95. The number of hydrogen-bond donors (Lipinski definition) is 0. The molecule has 0 fully saturated rings. The van der Waals surface area contributed by atoms with Gasteiger partial charge in [0.1, 0.15) is 5.78 Å². The predicted molar refractivity (Wildman–Crippen MR) is 45.6 cm³/mol. The molecule has 0 N–H and O–H groups in total. The monoisotopic (exact) mass is 164 g/mol. The van der Waals surface area contributed by atoms with E-state index in [1.807, 2.05) is 19.9 Å². The Bertz CT molecular complexity index is 256. The largest absolute Gasteiger partial charge is 0.299 e. The van der Waals surface area contributed by atoms with Gasteiger partial charge in [0, 0.05) is 12.1 Å². The van der Waals surface area contributed by atoms with Crippen LogP contribution < -0.4 is 0 Å². The third-order valence-electron chi connectivity index (χ3n) is 1.63. The molecular formula is C9H12N2O. The third-order valence-corrected chi connectivity index (χ3v) is 1.63. The number of carbonyl (C=O) groups excluding carboxylic acids is 1. The van der Waals surface area contributed by atoms with E-state index in [0.717, 1.165) is 5.69 Å². The van der Waals surface area contributed by atoms with Crippen molar-refractivity contribution < 1.29 is 4.79 Å². The third kappa shape index (κ3) is 2.42. The van der Waals surface area contributed by atoms with Gasteiger partial charge in [-0.15, -0.1) is 0 Å². The fraction of sp³-hybridized carbons (Fsp3) is 0.444. The highest BCUT2D eigenvalue weighted by Crippen LogP contribution is 2.01. The maximum absolute atomic E-state index is 11.2. The van der Waals surface area contributed by atoms with E-state index in [1.54, 1.807) is 12.3 Å². The van der Waals surface area contributed by atoms with Gasteiger partial charge in [0.2, 0.25) is 0 Å². The smallest absolute Gasteiger partial charge is 0.141 e. The molecule has 0 aromatic carbocycles. The normalized spacial score (nSPS) is 10.2. The molecule has 0 radical (unpaired) electrons. The molecule has 12 heavy (non-hydrogen) atoms. The van der Waals surface area contributed by atoms with E-state index in [1.165, 1.54) is 0 Å². The Morgan fingerprint density at radius 3 is 2.83 bits per heavy atom. The molecule has 0 unspecified atom stereocenters. The SMILES string of the molecule is CC(C)C(=O)Cc1cccnn1. The fourth-order valence-electron chi connectivity index (χ4n) is 0.810. The van der Waals surface area contributed by atoms with Gasteiger partial charge in [-0.1, -0.05) is 13.8 Å². The minimum absolute atomic E-state index is 0.0759. The molecule has 1 rings (SSSR count). The molecule has 1 aromatic heterocycles. The van der Waals surface area contributed by atoms with Crippen molar-refractivity contribution >= 4 is 5.78 Å². The summed E-state index contributed by atoms with van der Waals surface area (Å²) >= 11 is 0. The molecule has 0 spiro atoms. The van der Waals surface area contributed by atoms with Gasteiger partial charge >= 0.3 is 0 Å². The molecule has 0 saturated heterocycles. The van der Waals surface area contributed by atoms with Crippen LogP contribution in [0.2, 0.25) is 0 Å². The maximum atomic E-state index is 11.2. The van der Waals surface area contributed by atoms with E-state index in [0.29, 0.717) is 6.42 Å². The minimum Gasteiger partial charge on any atom is -0.299 e. The second-order valence-electron chi connectivity index (χ2n) is 3.01. The number of hydrogen-bond acceptors (Lipinski definition) is 3. The van der Waals surface area contributed by atoms with Crippen molar-refractivity contribution in [3.05, 3.63) is 24.0 Å². The van der Waals surface area contributed by atoms with Gasteiger partial charge in [-0.25, -0.2) is 0 Å². The number of aromatic nitrogens is 2. The zero-order valence-corrected chi connectivity index (χ0v) is 7.32.